The van der Waals surface area contributed by atoms with Crippen molar-refractivity contribution >= 4 is 38.9 Å². The van der Waals surface area contributed by atoms with Crippen LogP contribution in [0.3, 0.4) is 0 Å². The maximum atomic E-state index is 10.0. The first-order chi connectivity index (χ1) is 11.6. The van der Waals surface area contributed by atoms with E-state index in [1.165, 1.54) is 7.11 Å². The van der Waals surface area contributed by atoms with E-state index in [4.69, 9.17) is 10.5 Å². The van der Waals surface area contributed by atoms with Crippen molar-refractivity contribution in [1.82, 2.24) is 9.55 Å². The number of phenolic OH excluding ortho intramolecular Hbond substituents is 1. The first-order valence-electron chi connectivity index (χ1n) is 7.22. The summed E-state index contributed by atoms with van der Waals surface area (Å²) in [4.78, 5) is 9.07. The van der Waals surface area contributed by atoms with Crippen molar-refractivity contribution in [2.45, 2.75) is 6.17 Å². The number of nitrogens with one attached hydrogen (secondary N) is 1. The molecule has 0 spiro atoms. The molecule has 0 saturated carbocycles. The largest absolute Gasteiger partial charge is 0.503 e. The van der Waals surface area contributed by atoms with Gasteiger partial charge in [-0.05, 0) is 40.2 Å². The predicted octanol–water partition coefficient (Wildman–Crippen LogP) is 2.80. The number of para-hydroxylation sites is 2. The SMILES string of the molecule is COc1cc(C2N=C(N)Nc3nc4ccccc4n32)cc(Br)c1O. The Bertz CT molecular complexity index is 982. The molecule has 2 aromatic carbocycles. The van der Waals surface area contributed by atoms with Crippen LogP contribution < -0.4 is 15.8 Å². The van der Waals surface area contributed by atoms with Crippen LogP contribution in [0.25, 0.3) is 11.0 Å². The van der Waals surface area contributed by atoms with Crippen LogP contribution in [0, 0.1) is 0 Å². The molecule has 1 aliphatic rings. The lowest BCUT2D eigenvalue weighted by Gasteiger charge is -2.24. The molecule has 0 saturated heterocycles. The lowest BCUT2D eigenvalue weighted by atomic mass is 10.1. The lowest BCUT2D eigenvalue weighted by molar-refractivity contribution is 0.370. The fraction of sp³-hybridized carbons (Fsp3) is 0.125. The molecule has 1 unspecified atom stereocenters. The van der Waals surface area contributed by atoms with E-state index in [0.29, 0.717) is 16.2 Å². The number of halogens is 1. The molecule has 3 aromatic rings. The van der Waals surface area contributed by atoms with Gasteiger partial charge in [-0.3, -0.25) is 9.88 Å². The van der Waals surface area contributed by atoms with Crippen LogP contribution in [0.5, 0.6) is 11.5 Å². The Kier molecular flexibility index (Phi) is 3.34. The van der Waals surface area contributed by atoms with Crippen molar-refractivity contribution in [2.75, 3.05) is 12.4 Å². The number of rotatable bonds is 2. The summed E-state index contributed by atoms with van der Waals surface area (Å²) < 4.78 is 7.73. The van der Waals surface area contributed by atoms with Crippen LogP contribution in [-0.2, 0) is 0 Å². The highest BCUT2D eigenvalue weighted by Gasteiger charge is 2.26. The molecular formula is C16H14BrN5O2. The number of nitrogens with zero attached hydrogens (tertiary/aromatic N) is 3. The topological polar surface area (TPSA) is 97.7 Å². The lowest BCUT2D eigenvalue weighted by Crippen LogP contribution is -2.31. The van der Waals surface area contributed by atoms with Crippen LogP contribution in [0.4, 0.5) is 5.95 Å². The number of anilines is 1. The number of aromatic nitrogens is 2. The number of aliphatic imine (C=N–C) groups is 1. The van der Waals surface area contributed by atoms with Gasteiger partial charge in [0.2, 0.25) is 5.95 Å². The normalized spacial score (nSPS) is 16.4. The quantitative estimate of drug-likeness (QED) is 0.627. The Hall–Kier alpha value is -2.74. The zero-order chi connectivity index (χ0) is 16.8. The number of nitrogens with two attached hydrogens (primary N) is 1. The van der Waals surface area contributed by atoms with Gasteiger partial charge in [-0.2, -0.15) is 0 Å². The van der Waals surface area contributed by atoms with Crippen molar-refractivity contribution in [3.05, 3.63) is 46.4 Å². The summed E-state index contributed by atoms with van der Waals surface area (Å²) in [5.74, 6) is 1.31. The van der Waals surface area contributed by atoms with Gasteiger partial charge in [0, 0.05) is 5.56 Å². The van der Waals surface area contributed by atoms with Crippen molar-refractivity contribution in [3.63, 3.8) is 0 Å². The average Bonchev–Trinajstić information content (AvgIpc) is 2.94. The average molecular weight is 388 g/mol. The minimum Gasteiger partial charge on any atom is -0.503 e. The zero-order valence-electron chi connectivity index (χ0n) is 12.7. The summed E-state index contributed by atoms with van der Waals surface area (Å²) in [6.45, 7) is 0. The van der Waals surface area contributed by atoms with Gasteiger partial charge >= 0.3 is 0 Å². The van der Waals surface area contributed by atoms with Crippen LogP contribution >= 0.6 is 15.9 Å². The van der Waals surface area contributed by atoms with Gasteiger partial charge in [-0.25, -0.2) is 9.98 Å². The summed E-state index contributed by atoms with van der Waals surface area (Å²) in [6, 6.07) is 11.3. The summed E-state index contributed by atoms with van der Waals surface area (Å²) in [6.07, 6.45) is -0.417. The van der Waals surface area contributed by atoms with Crippen LogP contribution in [-0.4, -0.2) is 27.7 Å². The fourth-order valence-electron chi connectivity index (χ4n) is 2.84. The Morgan fingerprint density at radius 2 is 2.12 bits per heavy atom. The second-order valence-corrected chi connectivity index (χ2v) is 6.22. The molecule has 7 nitrogen and oxygen atoms in total. The smallest absolute Gasteiger partial charge is 0.212 e. The molecule has 1 aromatic heterocycles. The molecule has 24 heavy (non-hydrogen) atoms. The monoisotopic (exact) mass is 387 g/mol. The van der Waals surface area contributed by atoms with Gasteiger partial charge in [-0.1, -0.05) is 12.1 Å². The molecule has 0 aliphatic carbocycles. The highest BCUT2D eigenvalue weighted by Crippen LogP contribution is 2.40. The molecular weight excluding hydrogens is 374 g/mol. The van der Waals surface area contributed by atoms with E-state index in [2.05, 4.69) is 31.2 Å². The van der Waals surface area contributed by atoms with Crippen molar-refractivity contribution in [2.24, 2.45) is 10.7 Å². The highest BCUT2D eigenvalue weighted by atomic mass is 79.9. The molecule has 4 rings (SSSR count). The molecule has 122 valence electrons. The number of imidazole rings is 1. The molecule has 1 atom stereocenters. The predicted molar refractivity (Wildman–Crippen MR) is 95.5 cm³/mol. The summed E-state index contributed by atoms with van der Waals surface area (Å²) >= 11 is 3.35. The third kappa shape index (κ3) is 2.18. The number of aromatic hydroxyl groups is 1. The van der Waals surface area contributed by atoms with E-state index < -0.39 is 6.17 Å². The second kappa shape index (κ2) is 5.41. The third-order valence-corrected chi connectivity index (χ3v) is 4.51. The van der Waals surface area contributed by atoms with Crippen LogP contribution in [0.15, 0.2) is 45.9 Å². The summed E-state index contributed by atoms with van der Waals surface area (Å²) in [5, 5.41) is 13.0. The number of hydrogen-bond acceptors (Lipinski definition) is 6. The highest BCUT2D eigenvalue weighted by molar-refractivity contribution is 9.10. The third-order valence-electron chi connectivity index (χ3n) is 3.91. The number of hydrogen-bond donors (Lipinski definition) is 3. The van der Waals surface area contributed by atoms with Crippen molar-refractivity contribution in [3.8, 4) is 11.5 Å². The molecule has 0 radical (unpaired) electrons. The van der Waals surface area contributed by atoms with Gasteiger partial charge in [0.25, 0.3) is 0 Å². The van der Waals surface area contributed by atoms with E-state index >= 15 is 0 Å². The maximum absolute atomic E-state index is 10.0. The molecule has 4 N–H and O–H groups in total. The number of methoxy groups -OCH3 is 1. The van der Waals surface area contributed by atoms with E-state index in [-0.39, 0.29) is 11.7 Å². The molecule has 2 heterocycles. The number of ether oxygens (including phenoxy) is 1. The Labute approximate surface area is 145 Å². The summed E-state index contributed by atoms with van der Waals surface area (Å²) in [7, 11) is 1.50. The van der Waals surface area contributed by atoms with Crippen molar-refractivity contribution in [1.29, 1.82) is 0 Å². The van der Waals surface area contributed by atoms with Gasteiger partial charge in [0.15, 0.2) is 23.6 Å². The molecule has 8 heteroatoms. The van der Waals surface area contributed by atoms with E-state index in [0.717, 1.165) is 16.6 Å². The molecule has 0 fully saturated rings. The Morgan fingerprint density at radius 1 is 1.33 bits per heavy atom. The molecule has 0 bridgehead atoms. The standard InChI is InChI=1S/C16H14BrN5O2/c1-24-12-7-8(6-9(17)13(12)23)14-20-15(18)21-16-19-10-4-2-3-5-11(10)22(14)16/h2-7,14,23H,1H3,(H3,18,19,20,21). The number of fused-ring (bicyclic) bond motifs is 3. The molecule has 0 amide bonds. The maximum Gasteiger partial charge on any atom is 0.212 e. The van der Waals surface area contributed by atoms with E-state index in [9.17, 15) is 5.11 Å². The Morgan fingerprint density at radius 3 is 2.92 bits per heavy atom. The second-order valence-electron chi connectivity index (χ2n) is 5.36. The Balaban J connectivity index is 1.96. The van der Waals surface area contributed by atoms with E-state index in [1.807, 2.05) is 28.8 Å². The first-order valence-corrected chi connectivity index (χ1v) is 8.01. The molecule has 1 aliphatic heterocycles. The van der Waals surface area contributed by atoms with E-state index in [1.54, 1.807) is 12.1 Å². The van der Waals surface area contributed by atoms with Gasteiger partial charge in [0.1, 0.15) is 0 Å². The minimum absolute atomic E-state index is 0.0443. The number of benzene rings is 2. The fourth-order valence-corrected chi connectivity index (χ4v) is 3.30. The summed E-state index contributed by atoms with van der Waals surface area (Å²) in [5.41, 5.74) is 8.52. The first kappa shape index (κ1) is 14.8. The van der Waals surface area contributed by atoms with Crippen molar-refractivity contribution < 1.29 is 9.84 Å². The number of guanidine groups is 1. The number of phenols is 1. The van der Waals surface area contributed by atoms with Gasteiger partial charge in [-0.15, -0.1) is 0 Å². The zero-order valence-corrected chi connectivity index (χ0v) is 14.3. The minimum atomic E-state index is -0.417. The van der Waals surface area contributed by atoms with Crippen LogP contribution in [0.2, 0.25) is 0 Å². The van der Waals surface area contributed by atoms with Crippen LogP contribution in [0.1, 0.15) is 11.7 Å². The van der Waals surface area contributed by atoms with Gasteiger partial charge < -0.3 is 15.6 Å². The van der Waals surface area contributed by atoms with Gasteiger partial charge in [0.05, 0.1) is 22.6 Å².